The third-order valence-electron chi connectivity index (χ3n) is 11.2. The second kappa shape index (κ2) is 17.3. The molecule has 10 heteroatoms. The molecule has 55 heavy (non-hydrogen) atoms. The molecule has 2 fully saturated rings. The van der Waals surface area contributed by atoms with Crippen LogP contribution >= 0.6 is 0 Å². The standard InChI is InChI=1S/C23H28N4O.C22H26N4O/c1-3-21-22(24(2)27(23(21)28)20-12-8-5-9-13-20)18-25-14-16-26(17-15-25)19-10-6-4-7-11-19;1-18-21(23(2)26(22(18)27)20-11-7-4-8-12-20)17-24-13-15-25(16-14-24)19-9-5-3-6-10-19/h4-13H,3,14-18H2,1-2H3;3-12H,13-17H2,1-2H3. The van der Waals surface area contributed by atoms with Crippen LogP contribution in [0.3, 0.4) is 0 Å². The van der Waals surface area contributed by atoms with Gasteiger partial charge in [0.05, 0.1) is 22.8 Å². The molecule has 2 aromatic heterocycles. The number of hydrogen-bond donors (Lipinski definition) is 0. The number of anilines is 2. The van der Waals surface area contributed by atoms with Crippen LogP contribution in [0.5, 0.6) is 0 Å². The lowest BCUT2D eigenvalue weighted by Crippen LogP contribution is -2.46. The van der Waals surface area contributed by atoms with Gasteiger partial charge in [-0.2, -0.15) is 0 Å². The van der Waals surface area contributed by atoms with Crippen molar-refractivity contribution in [2.24, 2.45) is 14.1 Å². The lowest BCUT2D eigenvalue weighted by molar-refractivity contribution is 0.242. The van der Waals surface area contributed by atoms with Crippen molar-refractivity contribution in [3.63, 3.8) is 0 Å². The zero-order chi connectivity index (χ0) is 38.3. The highest BCUT2D eigenvalue weighted by atomic mass is 16.1. The van der Waals surface area contributed by atoms with E-state index in [-0.39, 0.29) is 11.1 Å². The molecular formula is C45H54N8O2. The molecule has 0 radical (unpaired) electrons. The fourth-order valence-electron chi connectivity index (χ4n) is 8.01. The van der Waals surface area contributed by atoms with Crippen molar-refractivity contribution in [2.75, 3.05) is 62.2 Å². The SMILES string of the molecule is CCc1c(CN2CCN(c3ccccc3)CC2)n(C)n(-c2ccccc2)c1=O.Cc1c(CN2CCN(c3ccccc3)CC2)n(C)n(-c2ccccc2)c1=O. The Kier molecular flexibility index (Phi) is 11.8. The highest BCUT2D eigenvalue weighted by Gasteiger charge is 2.24. The molecule has 2 aliphatic rings. The molecule has 0 amide bonds. The predicted molar refractivity (Wildman–Crippen MR) is 224 cm³/mol. The minimum absolute atomic E-state index is 0.0709. The van der Waals surface area contributed by atoms with Gasteiger partial charge in [-0.25, -0.2) is 9.36 Å². The predicted octanol–water partition coefficient (Wildman–Crippen LogP) is 5.87. The smallest absolute Gasteiger partial charge is 0.274 e. The van der Waals surface area contributed by atoms with Crippen LogP contribution in [0.15, 0.2) is 131 Å². The molecule has 6 aromatic rings. The third-order valence-corrected chi connectivity index (χ3v) is 11.2. The van der Waals surface area contributed by atoms with Crippen molar-refractivity contribution in [3.8, 4) is 11.4 Å². The number of aromatic nitrogens is 4. The van der Waals surface area contributed by atoms with Crippen LogP contribution in [0.25, 0.3) is 11.4 Å². The van der Waals surface area contributed by atoms with E-state index in [9.17, 15) is 9.59 Å². The van der Waals surface area contributed by atoms with Gasteiger partial charge in [-0.15, -0.1) is 0 Å². The number of piperazine rings is 2. The maximum atomic E-state index is 13.0. The summed E-state index contributed by atoms with van der Waals surface area (Å²) in [5.41, 5.74) is 8.58. The molecule has 2 aliphatic heterocycles. The van der Waals surface area contributed by atoms with Crippen molar-refractivity contribution in [2.45, 2.75) is 33.4 Å². The van der Waals surface area contributed by atoms with E-state index >= 15 is 0 Å². The summed E-state index contributed by atoms with van der Waals surface area (Å²) >= 11 is 0. The average molecular weight is 739 g/mol. The van der Waals surface area contributed by atoms with Crippen LogP contribution < -0.4 is 20.9 Å². The summed E-state index contributed by atoms with van der Waals surface area (Å²) < 4.78 is 7.62. The highest BCUT2D eigenvalue weighted by Crippen LogP contribution is 2.20. The van der Waals surface area contributed by atoms with Crippen LogP contribution in [0.2, 0.25) is 0 Å². The fourth-order valence-corrected chi connectivity index (χ4v) is 8.01. The molecule has 8 rings (SSSR count). The Bertz CT molecular complexity index is 2240. The van der Waals surface area contributed by atoms with Gasteiger partial charge in [0.25, 0.3) is 11.1 Å². The maximum absolute atomic E-state index is 13.0. The molecular weight excluding hydrogens is 685 g/mol. The summed E-state index contributed by atoms with van der Waals surface area (Å²) in [7, 11) is 3.99. The second-order valence-corrected chi connectivity index (χ2v) is 14.5. The van der Waals surface area contributed by atoms with E-state index in [2.05, 4.69) is 87.2 Å². The van der Waals surface area contributed by atoms with Gasteiger partial charge >= 0.3 is 0 Å². The van der Waals surface area contributed by atoms with Gasteiger partial charge in [-0.1, -0.05) is 79.7 Å². The number of para-hydroxylation sites is 4. The van der Waals surface area contributed by atoms with Crippen LogP contribution in [-0.2, 0) is 33.6 Å². The van der Waals surface area contributed by atoms with E-state index in [1.807, 2.05) is 91.0 Å². The molecule has 0 saturated carbocycles. The zero-order valence-electron chi connectivity index (χ0n) is 32.7. The van der Waals surface area contributed by atoms with Crippen LogP contribution in [0.4, 0.5) is 11.4 Å². The van der Waals surface area contributed by atoms with Gasteiger partial charge < -0.3 is 9.80 Å². The van der Waals surface area contributed by atoms with E-state index < -0.39 is 0 Å². The Morgan fingerprint density at radius 2 is 0.800 bits per heavy atom. The Balaban J connectivity index is 0.000000169. The molecule has 0 unspecified atom stereocenters. The Morgan fingerprint density at radius 3 is 1.20 bits per heavy atom. The van der Waals surface area contributed by atoms with Gasteiger partial charge in [-0.05, 0) is 61.9 Å². The second-order valence-electron chi connectivity index (χ2n) is 14.5. The Hall–Kier alpha value is -5.58. The number of hydrogen-bond acceptors (Lipinski definition) is 6. The van der Waals surface area contributed by atoms with Gasteiger partial charge in [0, 0.05) is 102 Å². The van der Waals surface area contributed by atoms with E-state index in [1.165, 1.54) is 11.4 Å². The van der Waals surface area contributed by atoms with E-state index in [1.54, 1.807) is 9.36 Å². The van der Waals surface area contributed by atoms with E-state index in [0.717, 1.165) is 106 Å². The molecule has 4 heterocycles. The number of rotatable bonds is 9. The van der Waals surface area contributed by atoms with Crippen LogP contribution in [0.1, 0.15) is 29.4 Å². The molecule has 286 valence electrons. The van der Waals surface area contributed by atoms with Gasteiger partial charge in [0.1, 0.15) is 0 Å². The van der Waals surface area contributed by atoms with Crippen molar-refractivity contribution in [1.82, 2.24) is 28.5 Å². The lowest BCUT2D eigenvalue weighted by atomic mass is 10.1. The molecule has 10 nitrogen and oxygen atoms in total. The maximum Gasteiger partial charge on any atom is 0.274 e. The first-order chi connectivity index (χ1) is 26.8. The Labute approximate surface area is 324 Å². The topological polar surface area (TPSA) is 66.8 Å². The van der Waals surface area contributed by atoms with E-state index in [0.29, 0.717) is 0 Å². The molecule has 0 N–H and O–H groups in total. The summed E-state index contributed by atoms with van der Waals surface area (Å²) in [6, 6.07) is 40.9. The van der Waals surface area contributed by atoms with Gasteiger partial charge in [0.2, 0.25) is 0 Å². The fraction of sp³-hybridized carbons (Fsp3) is 0.333. The zero-order valence-corrected chi connectivity index (χ0v) is 32.7. The highest BCUT2D eigenvalue weighted by molar-refractivity contribution is 5.47. The first-order valence-corrected chi connectivity index (χ1v) is 19.6. The quantitative estimate of drug-likeness (QED) is 0.185. The van der Waals surface area contributed by atoms with Gasteiger partial charge in [-0.3, -0.25) is 28.8 Å². The van der Waals surface area contributed by atoms with Crippen molar-refractivity contribution in [3.05, 3.63) is 165 Å². The van der Waals surface area contributed by atoms with E-state index in [4.69, 9.17) is 0 Å². The summed E-state index contributed by atoms with van der Waals surface area (Å²) in [6.45, 7) is 13.7. The molecule has 2 saturated heterocycles. The summed E-state index contributed by atoms with van der Waals surface area (Å²) in [5.74, 6) is 0. The first-order valence-electron chi connectivity index (χ1n) is 19.6. The average Bonchev–Trinajstić information content (AvgIpc) is 3.60. The number of benzene rings is 4. The Morgan fingerprint density at radius 1 is 0.455 bits per heavy atom. The van der Waals surface area contributed by atoms with Gasteiger partial charge in [0.15, 0.2) is 0 Å². The normalized spacial score (nSPS) is 15.2. The van der Waals surface area contributed by atoms with Crippen molar-refractivity contribution < 1.29 is 0 Å². The monoisotopic (exact) mass is 738 g/mol. The molecule has 0 atom stereocenters. The van der Waals surface area contributed by atoms with Crippen molar-refractivity contribution >= 4 is 11.4 Å². The molecule has 4 aromatic carbocycles. The first kappa shape index (κ1) is 37.7. The molecule has 0 spiro atoms. The molecule has 0 bridgehead atoms. The minimum Gasteiger partial charge on any atom is -0.369 e. The third kappa shape index (κ3) is 8.26. The summed E-state index contributed by atoms with van der Waals surface area (Å²) in [4.78, 5) is 35.6. The largest absolute Gasteiger partial charge is 0.369 e. The lowest BCUT2D eigenvalue weighted by Gasteiger charge is -2.36. The summed E-state index contributed by atoms with van der Waals surface area (Å²) in [5, 5.41) is 0. The minimum atomic E-state index is 0.0709. The summed E-state index contributed by atoms with van der Waals surface area (Å²) in [6.07, 6.45) is 0.756. The number of nitrogens with zero attached hydrogens (tertiary/aromatic N) is 8. The van der Waals surface area contributed by atoms with Crippen molar-refractivity contribution in [1.29, 1.82) is 0 Å². The van der Waals surface area contributed by atoms with Crippen LogP contribution in [0, 0.1) is 6.92 Å². The van der Waals surface area contributed by atoms with Crippen LogP contribution in [-0.4, -0.2) is 80.9 Å². The molecule has 0 aliphatic carbocycles.